The van der Waals surface area contributed by atoms with Crippen LogP contribution in [0.1, 0.15) is 46.0 Å². The SMILES string of the molecule is CCCCCC(O)(F)CC. The Kier molecular flexibility index (Phi) is 4.62. The minimum Gasteiger partial charge on any atom is -0.362 e. The lowest BCUT2D eigenvalue weighted by molar-refractivity contribution is -0.0980. The van der Waals surface area contributed by atoms with Gasteiger partial charge in [-0.1, -0.05) is 26.7 Å². The first-order chi connectivity index (χ1) is 4.62. The zero-order valence-corrected chi connectivity index (χ0v) is 6.86. The first-order valence-electron chi connectivity index (χ1n) is 4.03. The molecule has 0 bridgehead atoms. The molecule has 10 heavy (non-hydrogen) atoms. The Morgan fingerprint density at radius 2 is 1.90 bits per heavy atom. The predicted molar refractivity (Wildman–Crippen MR) is 40.5 cm³/mol. The van der Waals surface area contributed by atoms with Crippen molar-refractivity contribution in [1.82, 2.24) is 0 Å². The number of rotatable bonds is 5. The monoisotopic (exact) mass is 148 g/mol. The number of halogens is 1. The molecule has 0 spiro atoms. The van der Waals surface area contributed by atoms with Crippen LogP contribution in [0.2, 0.25) is 0 Å². The molecule has 0 amide bonds. The fourth-order valence-corrected chi connectivity index (χ4v) is 0.823. The molecule has 0 rings (SSSR count). The number of hydrogen-bond donors (Lipinski definition) is 1. The molecule has 0 aromatic rings. The average Bonchev–Trinajstić information content (AvgIpc) is 1.89. The molecule has 0 aromatic heterocycles. The molecule has 0 radical (unpaired) electrons. The van der Waals surface area contributed by atoms with Crippen LogP contribution in [0.25, 0.3) is 0 Å². The minimum atomic E-state index is -1.91. The Morgan fingerprint density at radius 1 is 1.30 bits per heavy atom. The standard InChI is InChI=1S/C8H17FO/c1-3-5-6-7-8(9,10)4-2/h10H,3-7H2,1-2H3. The lowest BCUT2D eigenvalue weighted by Crippen LogP contribution is -2.19. The lowest BCUT2D eigenvalue weighted by Gasteiger charge is -2.15. The molecule has 2 heteroatoms. The van der Waals surface area contributed by atoms with E-state index in [-0.39, 0.29) is 12.8 Å². The molecular weight excluding hydrogens is 131 g/mol. The first kappa shape index (κ1) is 9.89. The molecule has 0 aliphatic heterocycles. The topological polar surface area (TPSA) is 20.2 Å². The normalized spacial score (nSPS) is 16.8. The first-order valence-corrected chi connectivity index (χ1v) is 4.03. The number of hydrogen-bond acceptors (Lipinski definition) is 1. The summed E-state index contributed by atoms with van der Waals surface area (Å²) < 4.78 is 12.7. The summed E-state index contributed by atoms with van der Waals surface area (Å²) in [7, 11) is 0. The van der Waals surface area contributed by atoms with Crippen LogP contribution < -0.4 is 0 Å². The summed E-state index contributed by atoms with van der Waals surface area (Å²) >= 11 is 0. The summed E-state index contributed by atoms with van der Waals surface area (Å²) in [6.45, 7) is 3.72. The molecule has 0 saturated heterocycles. The minimum absolute atomic E-state index is 0.205. The van der Waals surface area contributed by atoms with Gasteiger partial charge in [0, 0.05) is 12.8 Å². The van der Waals surface area contributed by atoms with E-state index in [1.807, 2.05) is 0 Å². The third kappa shape index (κ3) is 4.74. The van der Waals surface area contributed by atoms with Gasteiger partial charge in [0.15, 0.2) is 0 Å². The molecule has 0 aliphatic rings. The number of unbranched alkanes of at least 4 members (excludes halogenated alkanes) is 2. The second kappa shape index (κ2) is 4.67. The third-order valence-electron chi connectivity index (χ3n) is 1.71. The van der Waals surface area contributed by atoms with Gasteiger partial charge >= 0.3 is 0 Å². The van der Waals surface area contributed by atoms with Crippen LogP contribution in [0, 0.1) is 0 Å². The van der Waals surface area contributed by atoms with Crippen molar-refractivity contribution in [2.45, 2.75) is 51.8 Å². The Bertz CT molecular complexity index is 81.3. The van der Waals surface area contributed by atoms with E-state index >= 15 is 0 Å². The van der Waals surface area contributed by atoms with Gasteiger partial charge in [0.1, 0.15) is 0 Å². The van der Waals surface area contributed by atoms with E-state index in [0.717, 1.165) is 19.3 Å². The number of aliphatic hydroxyl groups is 1. The maximum Gasteiger partial charge on any atom is 0.206 e. The van der Waals surface area contributed by atoms with Crippen molar-refractivity contribution in [3.05, 3.63) is 0 Å². The van der Waals surface area contributed by atoms with Gasteiger partial charge in [-0.05, 0) is 6.42 Å². The Labute approximate surface area is 62.3 Å². The highest BCUT2D eigenvalue weighted by molar-refractivity contribution is 4.61. The van der Waals surface area contributed by atoms with E-state index < -0.39 is 5.85 Å². The van der Waals surface area contributed by atoms with E-state index in [2.05, 4.69) is 6.92 Å². The van der Waals surface area contributed by atoms with E-state index in [4.69, 9.17) is 5.11 Å². The van der Waals surface area contributed by atoms with Crippen molar-refractivity contribution >= 4 is 0 Å². The zero-order chi connectivity index (χ0) is 8.04. The maximum absolute atomic E-state index is 12.7. The summed E-state index contributed by atoms with van der Waals surface area (Å²) in [6, 6.07) is 0. The van der Waals surface area contributed by atoms with Crippen LogP contribution in [-0.4, -0.2) is 11.0 Å². The third-order valence-corrected chi connectivity index (χ3v) is 1.71. The molecule has 1 nitrogen and oxygen atoms in total. The Balaban J connectivity index is 3.28. The second-order valence-corrected chi connectivity index (χ2v) is 2.73. The zero-order valence-electron chi connectivity index (χ0n) is 6.86. The molecule has 0 saturated carbocycles. The molecular formula is C8H17FO. The smallest absolute Gasteiger partial charge is 0.206 e. The highest BCUT2D eigenvalue weighted by atomic mass is 19.2. The summed E-state index contributed by atoms with van der Waals surface area (Å²) in [5.74, 6) is -1.91. The van der Waals surface area contributed by atoms with Crippen LogP contribution in [0.4, 0.5) is 4.39 Å². The van der Waals surface area contributed by atoms with Crippen molar-refractivity contribution < 1.29 is 9.50 Å². The quantitative estimate of drug-likeness (QED) is 0.594. The Hall–Kier alpha value is -0.110. The fourth-order valence-electron chi connectivity index (χ4n) is 0.823. The van der Waals surface area contributed by atoms with E-state index in [1.54, 1.807) is 6.92 Å². The molecule has 1 atom stereocenters. The van der Waals surface area contributed by atoms with Gasteiger partial charge in [-0.2, -0.15) is 0 Å². The number of alkyl halides is 1. The average molecular weight is 148 g/mol. The van der Waals surface area contributed by atoms with Gasteiger partial charge in [0.2, 0.25) is 5.85 Å². The molecule has 0 aliphatic carbocycles. The van der Waals surface area contributed by atoms with Crippen LogP contribution in [0.3, 0.4) is 0 Å². The van der Waals surface area contributed by atoms with Crippen LogP contribution in [-0.2, 0) is 0 Å². The van der Waals surface area contributed by atoms with E-state index in [1.165, 1.54) is 0 Å². The molecule has 0 aromatic carbocycles. The van der Waals surface area contributed by atoms with Crippen molar-refractivity contribution in [3.8, 4) is 0 Å². The summed E-state index contributed by atoms with van der Waals surface area (Å²) in [5, 5.41) is 8.88. The van der Waals surface area contributed by atoms with Gasteiger partial charge in [-0.25, -0.2) is 4.39 Å². The largest absolute Gasteiger partial charge is 0.362 e. The van der Waals surface area contributed by atoms with Crippen molar-refractivity contribution in [2.75, 3.05) is 0 Å². The van der Waals surface area contributed by atoms with Crippen LogP contribution in [0.15, 0.2) is 0 Å². The molecule has 0 heterocycles. The van der Waals surface area contributed by atoms with Crippen molar-refractivity contribution in [2.24, 2.45) is 0 Å². The van der Waals surface area contributed by atoms with Crippen LogP contribution in [0.5, 0.6) is 0 Å². The molecule has 1 unspecified atom stereocenters. The lowest BCUT2D eigenvalue weighted by atomic mass is 10.1. The van der Waals surface area contributed by atoms with Gasteiger partial charge < -0.3 is 5.11 Å². The molecule has 62 valence electrons. The maximum atomic E-state index is 12.7. The summed E-state index contributed by atoms with van der Waals surface area (Å²) in [6.07, 6.45) is 3.36. The summed E-state index contributed by atoms with van der Waals surface area (Å²) in [4.78, 5) is 0. The Morgan fingerprint density at radius 3 is 2.30 bits per heavy atom. The predicted octanol–water partition coefficient (Wildman–Crippen LogP) is 2.63. The molecule has 0 fully saturated rings. The van der Waals surface area contributed by atoms with Gasteiger partial charge in [-0.15, -0.1) is 0 Å². The van der Waals surface area contributed by atoms with Gasteiger partial charge in [-0.3, -0.25) is 0 Å². The second-order valence-electron chi connectivity index (χ2n) is 2.73. The van der Waals surface area contributed by atoms with E-state index in [9.17, 15) is 4.39 Å². The fraction of sp³-hybridized carbons (Fsp3) is 1.00. The highest BCUT2D eigenvalue weighted by Gasteiger charge is 2.21. The van der Waals surface area contributed by atoms with Crippen LogP contribution >= 0.6 is 0 Å². The van der Waals surface area contributed by atoms with Crippen molar-refractivity contribution in [3.63, 3.8) is 0 Å². The molecule has 1 N–H and O–H groups in total. The highest BCUT2D eigenvalue weighted by Crippen LogP contribution is 2.19. The van der Waals surface area contributed by atoms with Gasteiger partial charge in [0.05, 0.1) is 0 Å². The van der Waals surface area contributed by atoms with Gasteiger partial charge in [0.25, 0.3) is 0 Å². The summed E-state index contributed by atoms with van der Waals surface area (Å²) in [5.41, 5.74) is 0. The van der Waals surface area contributed by atoms with Crippen molar-refractivity contribution in [1.29, 1.82) is 0 Å². The van der Waals surface area contributed by atoms with E-state index in [0.29, 0.717) is 0 Å².